The molecular formula is C13H7FN4OS. The third-order valence-corrected chi connectivity index (χ3v) is 3.77. The average molecular weight is 286 g/mol. The highest BCUT2D eigenvalue weighted by molar-refractivity contribution is 7.19. The zero-order chi connectivity index (χ0) is 13.5. The molecule has 3 heterocycles. The second-order valence-corrected chi connectivity index (χ2v) is 5.04. The van der Waals surface area contributed by atoms with E-state index in [1.54, 1.807) is 41.1 Å². The zero-order valence-electron chi connectivity index (χ0n) is 10.0. The standard InChI is InChI=1S/C13H7FN4OS/c14-9-5-2-1-4-8(9)12-17-18-11(10-6-3-7-19-10)15-16-13(18)20-12/h1-7H. The van der Waals surface area contributed by atoms with E-state index in [4.69, 9.17) is 4.42 Å². The van der Waals surface area contributed by atoms with E-state index < -0.39 is 0 Å². The van der Waals surface area contributed by atoms with Crippen LogP contribution in [-0.2, 0) is 0 Å². The fourth-order valence-corrected chi connectivity index (χ4v) is 2.79. The molecule has 20 heavy (non-hydrogen) atoms. The van der Waals surface area contributed by atoms with Crippen molar-refractivity contribution in [1.82, 2.24) is 19.8 Å². The molecule has 1 aromatic carbocycles. The van der Waals surface area contributed by atoms with E-state index >= 15 is 0 Å². The summed E-state index contributed by atoms with van der Waals surface area (Å²) in [4.78, 5) is 0.592. The van der Waals surface area contributed by atoms with Crippen LogP contribution in [0.25, 0.3) is 27.1 Å². The van der Waals surface area contributed by atoms with Crippen LogP contribution in [0.4, 0.5) is 4.39 Å². The maximum atomic E-state index is 13.8. The SMILES string of the molecule is Fc1ccccc1-c1nn2c(-c3ccco3)nnc2s1. The van der Waals surface area contributed by atoms with Crippen molar-refractivity contribution in [3.63, 3.8) is 0 Å². The average Bonchev–Trinajstić information content (AvgIpc) is 3.14. The summed E-state index contributed by atoms with van der Waals surface area (Å²) in [7, 11) is 0. The molecule has 0 radical (unpaired) electrons. The van der Waals surface area contributed by atoms with E-state index in [1.165, 1.54) is 17.4 Å². The van der Waals surface area contributed by atoms with E-state index in [1.807, 2.05) is 0 Å². The largest absolute Gasteiger partial charge is 0.461 e. The Balaban J connectivity index is 1.91. The number of rotatable bonds is 2. The van der Waals surface area contributed by atoms with Crippen LogP contribution in [0, 0.1) is 5.82 Å². The Morgan fingerprint density at radius 3 is 2.80 bits per heavy atom. The fraction of sp³-hybridized carbons (Fsp3) is 0. The second-order valence-electron chi connectivity index (χ2n) is 4.08. The molecule has 0 spiro atoms. The highest BCUT2D eigenvalue weighted by Gasteiger charge is 2.17. The zero-order valence-corrected chi connectivity index (χ0v) is 10.8. The van der Waals surface area contributed by atoms with Gasteiger partial charge in [0.25, 0.3) is 0 Å². The van der Waals surface area contributed by atoms with E-state index in [2.05, 4.69) is 15.3 Å². The highest BCUT2D eigenvalue weighted by Crippen LogP contribution is 2.29. The predicted octanol–water partition coefficient (Wildman–Crippen LogP) is 3.25. The number of nitrogens with zero attached hydrogens (tertiary/aromatic N) is 4. The van der Waals surface area contributed by atoms with Crippen molar-refractivity contribution in [3.05, 3.63) is 48.5 Å². The van der Waals surface area contributed by atoms with Crippen molar-refractivity contribution < 1.29 is 8.81 Å². The molecule has 5 nitrogen and oxygen atoms in total. The predicted molar refractivity (Wildman–Crippen MR) is 71.8 cm³/mol. The first-order valence-electron chi connectivity index (χ1n) is 5.84. The highest BCUT2D eigenvalue weighted by atomic mass is 32.1. The summed E-state index contributed by atoms with van der Waals surface area (Å²) in [5, 5.41) is 13.0. The number of halogens is 1. The van der Waals surface area contributed by atoms with Gasteiger partial charge in [0.1, 0.15) is 5.82 Å². The number of fused-ring (bicyclic) bond motifs is 1. The minimum atomic E-state index is -0.308. The Morgan fingerprint density at radius 2 is 2.00 bits per heavy atom. The van der Waals surface area contributed by atoms with Crippen molar-refractivity contribution in [1.29, 1.82) is 0 Å². The van der Waals surface area contributed by atoms with Gasteiger partial charge >= 0.3 is 0 Å². The van der Waals surface area contributed by atoms with E-state index in [0.29, 0.717) is 27.1 Å². The van der Waals surface area contributed by atoms with Gasteiger partial charge in [0.15, 0.2) is 10.8 Å². The summed E-state index contributed by atoms with van der Waals surface area (Å²) in [5.41, 5.74) is 0.452. The van der Waals surface area contributed by atoms with Crippen LogP contribution in [-0.4, -0.2) is 19.8 Å². The van der Waals surface area contributed by atoms with Crippen molar-refractivity contribution in [2.75, 3.05) is 0 Å². The van der Waals surface area contributed by atoms with Crippen LogP contribution in [0.2, 0.25) is 0 Å². The molecule has 3 aromatic heterocycles. The molecule has 0 fully saturated rings. The van der Waals surface area contributed by atoms with Crippen LogP contribution in [0.5, 0.6) is 0 Å². The van der Waals surface area contributed by atoms with Crippen molar-refractivity contribution in [2.24, 2.45) is 0 Å². The summed E-state index contributed by atoms with van der Waals surface area (Å²) < 4.78 is 20.6. The molecule has 98 valence electrons. The minimum Gasteiger partial charge on any atom is -0.461 e. The maximum absolute atomic E-state index is 13.8. The molecule has 0 aliphatic rings. The number of hydrogen-bond donors (Lipinski definition) is 0. The van der Waals surface area contributed by atoms with Crippen LogP contribution >= 0.6 is 11.3 Å². The lowest BCUT2D eigenvalue weighted by Crippen LogP contribution is -1.90. The lowest BCUT2D eigenvalue weighted by atomic mass is 10.2. The van der Waals surface area contributed by atoms with E-state index in [0.717, 1.165) is 0 Å². The van der Waals surface area contributed by atoms with Gasteiger partial charge < -0.3 is 4.42 Å². The third kappa shape index (κ3) is 1.64. The van der Waals surface area contributed by atoms with E-state index in [-0.39, 0.29) is 5.82 Å². The van der Waals surface area contributed by atoms with Crippen molar-refractivity contribution in [2.45, 2.75) is 0 Å². The van der Waals surface area contributed by atoms with Gasteiger partial charge in [-0.15, -0.1) is 10.2 Å². The van der Waals surface area contributed by atoms with Crippen LogP contribution < -0.4 is 0 Å². The first-order valence-corrected chi connectivity index (χ1v) is 6.65. The Hall–Kier alpha value is -2.54. The van der Waals surface area contributed by atoms with Gasteiger partial charge in [-0.3, -0.25) is 0 Å². The molecule has 0 bridgehead atoms. The topological polar surface area (TPSA) is 56.2 Å². The third-order valence-electron chi connectivity index (χ3n) is 2.84. The first kappa shape index (κ1) is 11.3. The number of benzene rings is 1. The number of hydrogen-bond acceptors (Lipinski definition) is 5. The number of aromatic nitrogens is 4. The summed E-state index contributed by atoms with van der Waals surface area (Å²) in [6.45, 7) is 0. The normalized spacial score (nSPS) is 11.2. The van der Waals surface area contributed by atoms with Gasteiger partial charge in [0.05, 0.1) is 6.26 Å². The van der Waals surface area contributed by atoms with Gasteiger partial charge in [-0.1, -0.05) is 23.5 Å². The van der Waals surface area contributed by atoms with E-state index in [9.17, 15) is 4.39 Å². The Kier molecular flexibility index (Phi) is 2.40. The van der Waals surface area contributed by atoms with Crippen molar-refractivity contribution >= 4 is 16.3 Å². The van der Waals surface area contributed by atoms with Crippen LogP contribution in [0.1, 0.15) is 0 Å². The molecule has 4 aromatic rings. The van der Waals surface area contributed by atoms with Crippen LogP contribution in [0.3, 0.4) is 0 Å². The molecule has 0 saturated carbocycles. The molecule has 4 rings (SSSR count). The molecule has 0 aliphatic carbocycles. The molecule has 0 N–H and O–H groups in total. The van der Waals surface area contributed by atoms with Crippen molar-refractivity contribution in [3.8, 4) is 22.2 Å². The Labute approximate surface area is 116 Å². The molecule has 0 unspecified atom stereocenters. The van der Waals surface area contributed by atoms with Gasteiger partial charge in [0, 0.05) is 5.56 Å². The summed E-state index contributed by atoms with van der Waals surface area (Å²) in [6, 6.07) is 10.1. The molecular weight excluding hydrogens is 279 g/mol. The maximum Gasteiger partial charge on any atom is 0.235 e. The minimum absolute atomic E-state index is 0.308. The Morgan fingerprint density at radius 1 is 1.10 bits per heavy atom. The van der Waals surface area contributed by atoms with Gasteiger partial charge in [-0.05, 0) is 24.3 Å². The molecule has 0 saturated heterocycles. The summed E-state index contributed by atoms with van der Waals surface area (Å²) in [5.74, 6) is 0.767. The van der Waals surface area contributed by atoms with Gasteiger partial charge in [-0.2, -0.15) is 9.61 Å². The van der Waals surface area contributed by atoms with Gasteiger partial charge in [-0.25, -0.2) is 4.39 Å². The molecule has 7 heteroatoms. The van der Waals surface area contributed by atoms with Gasteiger partial charge in [0.2, 0.25) is 10.8 Å². The Bertz CT molecular complexity index is 881. The number of furan rings is 1. The quantitative estimate of drug-likeness (QED) is 0.567. The first-order chi connectivity index (χ1) is 9.83. The summed E-state index contributed by atoms with van der Waals surface area (Å²) in [6.07, 6.45) is 1.56. The lowest BCUT2D eigenvalue weighted by molar-refractivity contribution is 0.575. The fourth-order valence-electron chi connectivity index (χ4n) is 1.92. The second kappa shape index (κ2) is 4.24. The lowest BCUT2D eigenvalue weighted by Gasteiger charge is -1.96. The van der Waals surface area contributed by atoms with Crippen LogP contribution in [0.15, 0.2) is 47.1 Å². The smallest absolute Gasteiger partial charge is 0.235 e. The monoisotopic (exact) mass is 286 g/mol. The molecule has 0 atom stereocenters. The summed E-state index contributed by atoms with van der Waals surface area (Å²) >= 11 is 1.28. The molecule has 0 amide bonds. The molecule has 0 aliphatic heterocycles.